The Hall–Kier alpha value is -4.12. The Kier molecular flexibility index (Phi) is 10.0. The monoisotopic (exact) mass is 612 g/mol. The molecule has 0 aromatic heterocycles. The van der Waals surface area contributed by atoms with Gasteiger partial charge in [0.15, 0.2) is 29.4 Å². The van der Waals surface area contributed by atoms with E-state index >= 15 is 0 Å². The molecule has 0 saturated heterocycles. The summed E-state index contributed by atoms with van der Waals surface area (Å²) in [7, 11) is 0. The molecule has 1 saturated carbocycles. The van der Waals surface area contributed by atoms with Gasteiger partial charge in [-0.3, -0.25) is 24.0 Å². The molecular formula is C33H40O11. The highest BCUT2D eigenvalue weighted by Gasteiger charge is 2.75. The summed E-state index contributed by atoms with van der Waals surface area (Å²) in [4.78, 5) is 78.7. The van der Waals surface area contributed by atoms with Crippen molar-refractivity contribution in [1.29, 1.82) is 0 Å². The third-order valence-electron chi connectivity index (χ3n) is 8.12. The third kappa shape index (κ3) is 6.52. The third-order valence-corrected chi connectivity index (χ3v) is 8.12. The van der Waals surface area contributed by atoms with Crippen LogP contribution in [0.4, 0.5) is 0 Å². The quantitative estimate of drug-likeness (QED) is 0.295. The Balaban J connectivity index is 2.37. The SMILES string of the molecule is C=C1CC(OC(C)=O)C(=O)C(C)(C)C=CC(C)C(=O)C2(OC(C)=O)CC(C)C(OC(=O)c3ccccc3)C2(O)C1OC(C)=O. The van der Waals surface area contributed by atoms with Crippen molar-refractivity contribution in [1.82, 2.24) is 0 Å². The lowest BCUT2D eigenvalue weighted by molar-refractivity contribution is -0.231. The van der Waals surface area contributed by atoms with Crippen molar-refractivity contribution < 1.29 is 52.8 Å². The zero-order chi connectivity index (χ0) is 33.2. The molecule has 7 atom stereocenters. The maximum Gasteiger partial charge on any atom is 0.338 e. The molecule has 1 aromatic carbocycles. The summed E-state index contributed by atoms with van der Waals surface area (Å²) in [5.41, 5.74) is -6.39. The van der Waals surface area contributed by atoms with Crippen molar-refractivity contribution in [2.75, 3.05) is 0 Å². The van der Waals surface area contributed by atoms with Gasteiger partial charge in [0.1, 0.15) is 6.10 Å². The second-order valence-electron chi connectivity index (χ2n) is 12.2. The zero-order valence-electron chi connectivity index (χ0n) is 26.1. The van der Waals surface area contributed by atoms with Crippen molar-refractivity contribution >= 4 is 35.4 Å². The van der Waals surface area contributed by atoms with Gasteiger partial charge in [-0.15, -0.1) is 0 Å². The van der Waals surface area contributed by atoms with E-state index in [-0.39, 0.29) is 17.6 Å². The van der Waals surface area contributed by atoms with E-state index in [1.165, 1.54) is 31.2 Å². The number of esters is 4. The van der Waals surface area contributed by atoms with Gasteiger partial charge in [0.25, 0.3) is 0 Å². The van der Waals surface area contributed by atoms with E-state index in [2.05, 4.69) is 6.58 Å². The van der Waals surface area contributed by atoms with Crippen LogP contribution in [0.15, 0.2) is 54.6 Å². The summed E-state index contributed by atoms with van der Waals surface area (Å²) in [6, 6.07) is 7.89. The maximum absolute atomic E-state index is 14.4. The van der Waals surface area contributed by atoms with Gasteiger partial charge in [-0.25, -0.2) is 4.79 Å². The number of fused-ring (bicyclic) bond motifs is 1. The first kappa shape index (κ1) is 34.4. The highest BCUT2D eigenvalue weighted by molar-refractivity contribution is 5.96. The molecule has 2 aliphatic carbocycles. The van der Waals surface area contributed by atoms with Gasteiger partial charge < -0.3 is 24.1 Å². The molecule has 0 spiro atoms. The number of ketones is 2. The number of Topliss-reactive ketones (excluding diaryl/α,β-unsaturated/α-hetero) is 2. The number of rotatable bonds is 5. The fraction of sp³-hybridized carbons (Fsp3) is 0.515. The molecule has 0 amide bonds. The average Bonchev–Trinajstić information content (AvgIpc) is 3.14. The Morgan fingerprint density at radius 1 is 0.886 bits per heavy atom. The second-order valence-corrected chi connectivity index (χ2v) is 12.2. The minimum atomic E-state index is -2.73. The van der Waals surface area contributed by atoms with Gasteiger partial charge in [-0.2, -0.15) is 0 Å². The van der Waals surface area contributed by atoms with Crippen LogP contribution in [0.1, 0.15) is 71.7 Å². The Labute approximate surface area is 256 Å². The van der Waals surface area contributed by atoms with Crippen molar-refractivity contribution in [2.24, 2.45) is 17.3 Å². The van der Waals surface area contributed by atoms with Crippen LogP contribution in [-0.4, -0.2) is 70.1 Å². The van der Waals surface area contributed by atoms with Crippen molar-refractivity contribution in [3.8, 4) is 0 Å². The summed E-state index contributed by atoms with van der Waals surface area (Å²) in [6.45, 7) is 13.4. The molecule has 1 aromatic rings. The predicted octanol–water partition coefficient (Wildman–Crippen LogP) is 3.46. The Bertz CT molecular complexity index is 1380. The fourth-order valence-corrected chi connectivity index (χ4v) is 6.15. The van der Waals surface area contributed by atoms with Crippen LogP contribution in [0, 0.1) is 17.3 Å². The first-order valence-corrected chi connectivity index (χ1v) is 14.4. The van der Waals surface area contributed by atoms with Gasteiger partial charge in [-0.05, 0) is 31.6 Å². The van der Waals surface area contributed by atoms with Gasteiger partial charge in [0.05, 0.1) is 5.56 Å². The lowest BCUT2D eigenvalue weighted by Crippen LogP contribution is -2.70. The van der Waals surface area contributed by atoms with Gasteiger partial charge >= 0.3 is 23.9 Å². The Morgan fingerprint density at radius 2 is 1.48 bits per heavy atom. The molecule has 11 heteroatoms. The summed E-state index contributed by atoms with van der Waals surface area (Å²) in [5, 5.41) is 12.9. The van der Waals surface area contributed by atoms with Crippen LogP contribution in [0.3, 0.4) is 0 Å². The number of aliphatic hydroxyl groups is 1. The van der Waals surface area contributed by atoms with Crippen molar-refractivity contribution in [3.63, 3.8) is 0 Å². The minimum absolute atomic E-state index is 0.134. The molecule has 238 valence electrons. The first-order valence-electron chi connectivity index (χ1n) is 14.4. The van der Waals surface area contributed by atoms with Crippen LogP contribution in [0.2, 0.25) is 0 Å². The normalized spacial score (nSPS) is 32.0. The maximum atomic E-state index is 14.4. The molecule has 2 aliphatic rings. The number of ether oxygens (including phenoxy) is 4. The summed E-state index contributed by atoms with van der Waals surface area (Å²) in [5.74, 6) is -6.69. The standard InChI is InChI=1S/C33H40O11/c1-18-14-15-31(7,8)27(38)25(41-21(4)34)16-19(2)28(42-22(5)35)33(40)29(43-30(39)24-12-10-9-11-13-24)20(3)17-32(33,26(18)37)44-23(6)36/h9-15,18,20,25,28-29,40H,2,16-17H2,1,3-8H3. The number of benzene rings is 1. The van der Waals surface area contributed by atoms with Gasteiger partial charge in [0.2, 0.25) is 5.60 Å². The van der Waals surface area contributed by atoms with Crippen molar-refractivity contribution in [3.05, 3.63) is 60.2 Å². The van der Waals surface area contributed by atoms with E-state index in [0.29, 0.717) is 0 Å². The van der Waals surface area contributed by atoms with E-state index in [1.54, 1.807) is 39.0 Å². The number of allylic oxidation sites excluding steroid dienone is 2. The molecule has 0 heterocycles. The molecule has 7 unspecified atom stereocenters. The topological polar surface area (TPSA) is 160 Å². The van der Waals surface area contributed by atoms with E-state index < -0.39 is 88.6 Å². The molecule has 1 fully saturated rings. The lowest BCUT2D eigenvalue weighted by atomic mass is 9.70. The van der Waals surface area contributed by atoms with Crippen LogP contribution in [-0.2, 0) is 42.9 Å². The summed E-state index contributed by atoms with van der Waals surface area (Å²) in [6.07, 6.45) is -2.73. The summed E-state index contributed by atoms with van der Waals surface area (Å²) >= 11 is 0. The molecule has 0 aliphatic heterocycles. The van der Waals surface area contributed by atoms with Crippen LogP contribution in [0.5, 0.6) is 0 Å². The molecule has 3 rings (SSSR count). The largest absolute Gasteiger partial charge is 0.455 e. The fourth-order valence-electron chi connectivity index (χ4n) is 6.15. The van der Waals surface area contributed by atoms with Crippen LogP contribution < -0.4 is 0 Å². The smallest absolute Gasteiger partial charge is 0.338 e. The van der Waals surface area contributed by atoms with Gasteiger partial charge in [0, 0.05) is 50.9 Å². The molecule has 0 radical (unpaired) electrons. The van der Waals surface area contributed by atoms with E-state index in [1.807, 2.05) is 0 Å². The second kappa shape index (κ2) is 12.9. The molecule has 44 heavy (non-hydrogen) atoms. The minimum Gasteiger partial charge on any atom is -0.455 e. The average molecular weight is 613 g/mol. The van der Waals surface area contributed by atoms with Crippen LogP contribution in [0.25, 0.3) is 0 Å². The van der Waals surface area contributed by atoms with Gasteiger partial charge in [-0.1, -0.05) is 50.8 Å². The van der Waals surface area contributed by atoms with E-state index in [0.717, 1.165) is 20.8 Å². The number of hydrogen-bond donors (Lipinski definition) is 1. The molecular weight excluding hydrogens is 572 g/mol. The highest BCUT2D eigenvalue weighted by atomic mass is 16.6. The molecule has 0 bridgehead atoms. The molecule has 1 N–H and O–H groups in total. The highest BCUT2D eigenvalue weighted by Crippen LogP contribution is 2.53. The predicted molar refractivity (Wildman–Crippen MR) is 156 cm³/mol. The number of hydrogen-bond acceptors (Lipinski definition) is 11. The summed E-state index contributed by atoms with van der Waals surface area (Å²) < 4.78 is 22.6. The molecule has 11 nitrogen and oxygen atoms in total. The van der Waals surface area contributed by atoms with Crippen LogP contribution >= 0.6 is 0 Å². The zero-order valence-corrected chi connectivity index (χ0v) is 26.1. The number of carbonyl (C=O) groups is 6. The Morgan fingerprint density at radius 3 is 2.02 bits per heavy atom. The van der Waals surface area contributed by atoms with Crippen molar-refractivity contribution in [2.45, 2.75) is 90.8 Å². The lowest BCUT2D eigenvalue weighted by Gasteiger charge is -2.47. The number of carbonyl (C=O) groups excluding carboxylic acids is 6. The van der Waals surface area contributed by atoms with E-state index in [9.17, 15) is 33.9 Å². The first-order chi connectivity index (χ1) is 20.4. The van der Waals surface area contributed by atoms with E-state index in [4.69, 9.17) is 18.9 Å².